The first-order valence-electron chi connectivity index (χ1n) is 10.3. The predicted octanol–water partition coefficient (Wildman–Crippen LogP) is 3.43. The summed E-state index contributed by atoms with van der Waals surface area (Å²) in [6.45, 7) is 1.47. The van der Waals surface area contributed by atoms with E-state index in [-0.39, 0.29) is 51.4 Å². The molecule has 1 N–H and O–H groups in total. The minimum Gasteiger partial charge on any atom is -0.465 e. The highest BCUT2D eigenvalue weighted by molar-refractivity contribution is 6.22. The minimum absolute atomic E-state index is 0.0665. The highest BCUT2D eigenvalue weighted by Crippen LogP contribution is 2.32. The van der Waals surface area contributed by atoms with E-state index in [1.54, 1.807) is 0 Å². The molecule has 1 aliphatic heterocycles. The summed E-state index contributed by atoms with van der Waals surface area (Å²) in [7, 11) is 1.17. The number of aryl methyl sites for hydroxylation is 1. The van der Waals surface area contributed by atoms with Crippen molar-refractivity contribution in [1.29, 1.82) is 5.26 Å². The van der Waals surface area contributed by atoms with Gasteiger partial charge < -0.3 is 9.15 Å². The van der Waals surface area contributed by atoms with Crippen LogP contribution in [0.1, 0.15) is 84.9 Å². The molecule has 0 bridgehead atoms. The van der Waals surface area contributed by atoms with E-state index in [2.05, 4.69) is 10.1 Å². The van der Waals surface area contributed by atoms with Crippen LogP contribution in [-0.2, 0) is 4.74 Å². The lowest BCUT2D eigenvalue weighted by atomic mass is 9.94. The van der Waals surface area contributed by atoms with Gasteiger partial charge in [-0.15, -0.1) is 0 Å². The van der Waals surface area contributed by atoms with Gasteiger partial charge >= 0.3 is 5.97 Å². The summed E-state index contributed by atoms with van der Waals surface area (Å²) in [5.74, 6) is -2.20. The van der Waals surface area contributed by atoms with Crippen LogP contribution in [0.15, 0.2) is 22.6 Å². The third-order valence-electron chi connectivity index (χ3n) is 5.93. The Balaban J connectivity index is 1.60. The maximum absolute atomic E-state index is 13.0. The molecule has 0 radical (unpaired) electrons. The predicted molar refractivity (Wildman–Crippen MR) is 111 cm³/mol. The van der Waals surface area contributed by atoms with Crippen LogP contribution in [0, 0.1) is 18.3 Å². The Bertz CT molecular complexity index is 1180. The zero-order valence-electron chi connectivity index (χ0n) is 17.7. The van der Waals surface area contributed by atoms with Crippen molar-refractivity contribution in [2.24, 2.45) is 0 Å². The summed E-state index contributed by atoms with van der Waals surface area (Å²) in [5.41, 5.74) is 0.353. The number of carbonyl (C=O) groups excluding carboxylic acids is 4. The second-order valence-electron chi connectivity index (χ2n) is 7.83. The van der Waals surface area contributed by atoms with Crippen LogP contribution in [0.25, 0.3) is 0 Å². The van der Waals surface area contributed by atoms with Gasteiger partial charge in [0, 0.05) is 11.6 Å². The molecule has 1 aromatic carbocycles. The van der Waals surface area contributed by atoms with Gasteiger partial charge in [-0.05, 0) is 38.0 Å². The minimum atomic E-state index is -0.757. The van der Waals surface area contributed by atoms with Crippen LogP contribution >= 0.6 is 0 Å². The molecule has 4 rings (SSSR count). The largest absolute Gasteiger partial charge is 0.465 e. The number of amides is 3. The number of imide groups is 1. The Hall–Kier alpha value is -3.93. The van der Waals surface area contributed by atoms with Gasteiger partial charge in [0.2, 0.25) is 5.88 Å². The number of carbonyl (C=O) groups is 4. The molecule has 1 fully saturated rings. The van der Waals surface area contributed by atoms with E-state index in [9.17, 15) is 24.4 Å². The number of nitriles is 1. The number of nitrogens with one attached hydrogen (secondary N) is 1. The van der Waals surface area contributed by atoms with Crippen molar-refractivity contribution in [3.05, 3.63) is 51.8 Å². The smallest absolute Gasteiger partial charge is 0.342 e. The molecule has 32 heavy (non-hydrogen) atoms. The molecular weight excluding hydrogens is 414 g/mol. The molecule has 164 valence electrons. The number of rotatable bonds is 4. The third kappa shape index (κ3) is 3.43. The van der Waals surface area contributed by atoms with Gasteiger partial charge in [0.25, 0.3) is 17.7 Å². The monoisotopic (exact) mass is 435 g/mol. The number of ether oxygens (including phenoxy) is 1. The number of anilines is 1. The summed E-state index contributed by atoms with van der Waals surface area (Å²) in [4.78, 5) is 51.8. The van der Waals surface area contributed by atoms with Crippen molar-refractivity contribution < 1.29 is 28.3 Å². The van der Waals surface area contributed by atoms with E-state index >= 15 is 0 Å². The number of furan rings is 1. The van der Waals surface area contributed by atoms with Gasteiger partial charge in [-0.3, -0.25) is 24.6 Å². The molecule has 1 saturated carbocycles. The van der Waals surface area contributed by atoms with E-state index in [0.717, 1.165) is 32.1 Å². The molecule has 2 heterocycles. The van der Waals surface area contributed by atoms with Crippen LogP contribution < -0.4 is 5.32 Å². The molecule has 1 aromatic heterocycles. The number of esters is 1. The highest BCUT2D eigenvalue weighted by atomic mass is 16.5. The van der Waals surface area contributed by atoms with Crippen LogP contribution in [-0.4, -0.2) is 41.7 Å². The molecule has 9 nitrogen and oxygen atoms in total. The summed E-state index contributed by atoms with van der Waals surface area (Å²) in [5, 5.41) is 11.9. The quantitative estimate of drug-likeness (QED) is 0.575. The maximum atomic E-state index is 13.0. The molecule has 9 heteroatoms. The van der Waals surface area contributed by atoms with Crippen molar-refractivity contribution >= 4 is 29.6 Å². The van der Waals surface area contributed by atoms with Crippen molar-refractivity contribution in [2.75, 3.05) is 12.4 Å². The van der Waals surface area contributed by atoms with Crippen LogP contribution in [0.5, 0.6) is 0 Å². The van der Waals surface area contributed by atoms with Crippen LogP contribution in [0.2, 0.25) is 0 Å². The Kier molecular flexibility index (Phi) is 5.53. The lowest BCUT2D eigenvalue weighted by Gasteiger charge is -2.29. The standard InChI is InChI=1S/C23H21N3O6/c1-12-18(23(30)31-2)17(11-24)20(32-12)25-19(27)13-8-9-15-16(10-13)22(29)26(21(15)28)14-6-4-3-5-7-14/h8-10,14H,3-7H2,1-2H3,(H,25,27). The van der Waals surface area contributed by atoms with Gasteiger partial charge in [-0.2, -0.15) is 5.26 Å². The molecule has 0 saturated heterocycles. The number of hydrogen-bond acceptors (Lipinski definition) is 7. The van der Waals surface area contributed by atoms with Gasteiger partial charge in [0.15, 0.2) is 0 Å². The van der Waals surface area contributed by atoms with Crippen LogP contribution in [0.3, 0.4) is 0 Å². The number of fused-ring (bicyclic) bond motifs is 1. The molecule has 0 unspecified atom stereocenters. The van der Waals surface area contributed by atoms with Crippen molar-refractivity contribution in [3.63, 3.8) is 0 Å². The normalized spacial score (nSPS) is 16.0. The summed E-state index contributed by atoms with van der Waals surface area (Å²) < 4.78 is 10.1. The number of methoxy groups -OCH3 is 1. The highest BCUT2D eigenvalue weighted by Gasteiger charge is 2.40. The van der Waals surface area contributed by atoms with Crippen molar-refractivity contribution in [1.82, 2.24) is 4.90 Å². The molecule has 0 spiro atoms. The summed E-state index contributed by atoms with van der Waals surface area (Å²) in [6.07, 6.45) is 4.62. The number of benzene rings is 1. The van der Waals surface area contributed by atoms with E-state index in [0.29, 0.717) is 0 Å². The SMILES string of the molecule is COC(=O)c1c(C)oc(NC(=O)c2ccc3c(c2)C(=O)N(C2CCCCC2)C3=O)c1C#N. The van der Waals surface area contributed by atoms with E-state index < -0.39 is 17.8 Å². The summed E-state index contributed by atoms with van der Waals surface area (Å²) in [6, 6.07) is 6.00. The number of hydrogen-bond donors (Lipinski definition) is 1. The molecule has 3 amide bonds. The lowest BCUT2D eigenvalue weighted by Crippen LogP contribution is -2.40. The van der Waals surface area contributed by atoms with Crippen LogP contribution in [0.4, 0.5) is 5.88 Å². The Morgan fingerprint density at radius 1 is 1.16 bits per heavy atom. The zero-order valence-corrected chi connectivity index (χ0v) is 17.7. The maximum Gasteiger partial charge on any atom is 0.342 e. The fourth-order valence-electron chi connectivity index (χ4n) is 4.33. The second-order valence-corrected chi connectivity index (χ2v) is 7.83. The average molecular weight is 435 g/mol. The van der Waals surface area contributed by atoms with E-state index in [1.165, 1.54) is 37.1 Å². The summed E-state index contributed by atoms with van der Waals surface area (Å²) >= 11 is 0. The van der Waals surface area contributed by atoms with E-state index in [4.69, 9.17) is 4.42 Å². The van der Waals surface area contributed by atoms with Gasteiger partial charge in [0.1, 0.15) is 23.0 Å². The second kappa shape index (κ2) is 8.30. The Morgan fingerprint density at radius 2 is 1.84 bits per heavy atom. The fraction of sp³-hybridized carbons (Fsp3) is 0.348. The van der Waals surface area contributed by atoms with Crippen molar-refractivity contribution in [2.45, 2.75) is 45.1 Å². The molecule has 0 atom stereocenters. The first-order chi connectivity index (χ1) is 15.4. The number of nitrogens with zero attached hydrogens (tertiary/aromatic N) is 2. The van der Waals surface area contributed by atoms with E-state index in [1.807, 2.05) is 6.07 Å². The Morgan fingerprint density at radius 3 is 2.50 bits per heavy atom. The molecular formula is C23H21N3O6. The van der Waals surface area contributed by atoms with Gasteiger partial charge in [-0.25, -0.2) is 4.79 Å². The fourth-order valence-corrected chi connectivity index (χ4v) is 4.33. The zero-order chi connectivity index (χ0) is 23.0. The average Bonchev–Trinajstić information content (AvgIpc) is 3.25. The van der Waals surface area contributed by atoms with Crippen molar-refractivity contribution in [3.8, 4) is 6.07 Å². The molecule has 2 aliphatic rings. The topological polar surface area (TPSA) is 130 Å². The lowest BCUT2D eigenvalue weighted by molar-refractivity contribution is 0.0546. The van der Waals surface area contributed by atoms with Gasteiger partial charge in [0.05, 0.1) is 18.2 Å². The van der Waals surface area contributed by atoms with Gasteiger partial charge in [-0.1, -0.05) is 19.3 Å². The first kappa shape index (κ1) is 21.3. The molecule has 1 aliphatic carbocycles. The Labute approximate surface area is 183 Å². The first-order valence-corrected chi connectivity index (χ1v) is 10.3. The molecule has 2 aromatic rings. The third-order valence-corrected chi connectivity index (χ3v) is 5.93.